The lowest BCUT2D eigenvalue weighted by atomic mass is 9.90. The first-order valence-electron chi connectivity index (χ1n) is 11.1. The zero-order valence-corrected chi connectivity index (χ0v) is 19.0. The minimum atomic E-state index is -0.273. The van der Waals surface area contributed by atoms with E-state index in [2.05, 4.69) is 25.7 Å². The Hall–Kier alpha value is -3.70. The number of benzene rings is 2. The molecule has 1 unspecified atom stereocenters. The lowest BCUT2D eigenvalue weighted by molar-refractivity contribution is 0.0951. The van der Waals surface area contributed by atoms with Gasteiger partial charge in [-0.15, -0.1) is 5.10 Å². The summed E-state index contributed by atoms with van der Waals surface area (Å²) in [5.41, 5.74) is 3.31. The third-order valence-corrected chi connectivity index (χ3v) is 6.13. The molecule has 34 heavy (non-hydrogen) atoms. The van der Waals surface area contributed by atoms with Gasteiger partial charge in [-0.1, -0.05) is 0 Å². The molecule has 0 saturated carbocycles. The van der Waals surface area contributed by atoms with Gasteiger partial charge in [0.15, 0.2) is 17.3 Å². The van der Waals surface area contributed by atoms with E-state index in [1.807, 2.05) is 13.1 Å². The van der Waals surface area contributed by atoms with Crippen LogP contribution < -0.4 is 19.5 Å². The Kier molecular flexibility index (Phi) is 6.03. The molecule has 5 rings (SSSR count). The van der Waals surface area contributed by atoms with Crippen LogP contribution in [0.1, 0.15) is 39.8 Å². The Morgan fingerprint density at radius 3 is 2.88 bits per heavy atom. The molecular formula is C23H26N6O5. The molecule has 2 N–H and O–H groups in total. The lowest BCUT2D eigenvalue weighted by Crippen LogP contribution is -2.35. The normalized spacial score (nSPS) is 16.9. The van der Waals surface area contributed by atoms with Gasteiger partial charge >= 0.3 is 0 Å². The molecule has 2 aromatic carbocycles. The van der Waals surface area contributed by atoms with Gasteiger partial charge < -0.3 is 24.6 Å². The van der Waals surface area contributed by atoms with E-state index in [0.29, 0.717) is 41.6 Å². The monoisotopic (exact) mass is 466 g/mol. The topological polar surface area (TPSA) is 124 Å². The summed E-state index contributed by atoms with van der Waals surface area (Å²) in [6.45, 7) is 1.42. The van der Waals surface area contributed by atoms with Crippen LogP contribution in [0.5, 0.6) is 17.2 Å². The number of aliphatic hydroxyl groups is 1. The number of likely N-dealkylation sites (N-methyl/N-ethyl adjacent to an activating group) is 1. The zero-order chi connectivity index (χ0) is 23.7. The van der Waals surface area contributed by atoms with Crippen LogP contribution in [0.4, 0.5) is 0 Å². The van der Waals surface area contributed by atoms with E-state index in [9.17, 15) is 4.79 Å². The highest BCUT2D eigenvalue weighted by molar-refractivity contribution is 5.94. The molecule has 3 heterocycles. The molecule has 1 atom stereocenters. The molecule has 3 aromatic rings. The number of nitrogens with zero attached hydrogens (tertiary/aromatic N) is 5. The Bertz CT molecular complexity index is 1200. The van der Waals surface area contributed by atoms with E-state index >= 15 is 0 Å². The maximum Gasteiger partial charge on any atom is 0.251 e. The van der Waals surface area contributed by atoms with Crippen LogP contribution in [-0.4, -0.2) is 76.8 Å². The van der Waals surface area contributed by atoms with E-state index in [1.165, 1.54) is 0 Å². The van der Waals surface area contributed by atoms with Gasteiger partial charge in [-0.2, -0.15) is 4.68 Å². The molecule has 0 spiro atoms. The van der Waals surface area contributed by atoms with Crippen molar-refractivity contribution in [3.63, 3.8) is 0 Å². The standard InChI is InChI=1S/C23H26N6O5/c1-28-10-8-15-12-17-20(34-13-33-17)21(32-2)18(15)19(28)22-25-26-27-29(22)16-6-4-14(5-7-16)23(31)24-9-3-11-30/h4-7,12,19,30H,3,8-11,13H2,1-2H3,(H,24,31). The Morgan fingerprint density at radius 1 is 1.29 bits per heavy atom. The first-order valence-corrected chi connectivity index (χ1v) is 11.1. The van der Waals surface area contributed by atoms with E-state index < -0.39 is 0 Å². The lowest BCUT2D eigenvalue weighted by Gasteiger charge is -2.34. The number of aliphatic hydroxyl groups excluding tert-OH is 1. The number of nitrogens with one attached hydrogen (secondary N) is 1. The third kappa shape index (κ3) is 3.82. The summed E-state index contributed by atoms with van der Waals surface area (Å²) in [5, 5.41) is 24.2. The number of aromatic nitrogens is 4. The molecule has 11 heteroatoms. The summed E-state index contributed by atoms with van der Waals surface area (Å²) in [4.78, 5) is 14.5. The van der Waals surface area contributed by atoms with Crippen molar-refractivity contribution < 1.29 is 24.1 Å². The number of ether oxygens (including phenoxy) is 3. The van der Waals surface area contributed by atoms with Crippen molar-refractivity contribution in [2.45, 2.75) is 18.9 Å². The van der Waals surface area contributed by atoms with Crippen LogP contribution in [0, 0.1) is 0 Å². The van der Waals surface area contributed by atoms with Gasteiger partial charge in [0.05, 0.1) is 12.8 Å². The molecule has 1 aromatic heterocycles. The largest absolute Gasteiger partial charge is 0.492 e. The predicted molar refractivity (Wildman–Crippen MR) is 120 cm³/mol. The van der Waals surface area contributed by atoms with E-state index in [1.54, 1.807) is 36.1 Å². The van der Waals surface area contributed by atoms with E-state index in [4.69, 9.17) is 19.3 Å². The Labute approximate surface area is 196 Å². The highest BCUT2D eigenvalue weighted by atomic mass is 16.7. The fourth-order valence-corrected chi connectivity index (χ4v) is 4.44. The van der Waals surface area contributed by atoms with Gasteiger partial charge in [0, 0.05) is 30.8 Å². The number of fused-ring (bicyclic) bond motifs is 2. The van der Waals surface area contributed by atoms with Gasteiger partial charge in [0.1, 0.15) is 6.04 Å². The average Bonchev–Trinajstić information content (AvgIpc) is 3.52. The number of carbonyl (C=O) groups is 1. The van der Waals surface area contributed by atoms with E-state index in [-0.39, 0.29) is 25.3 Å². The second kappa shape index (κ2) is 9.27. The fourth-order valence-electron chi connectivity index (χ4n) is 4.44. The van der Waals surface area contributed by atoms with E-state index in [0.717, 1.165) is 29.8 Å². The first kappa shape index (κ1) is 22.1. The van der Waals surface area contributed by atoms with Crippen molar-refractivity contribution in [3.05, 3.63) is 52.8 Å². The SMILES string of the molecule is COc1c2c(cc3c1C(c1nnnn1-c1ccc(C(=O)NCCCO)cc1)N(C)CC3)OCO2. The zero-order valence-electron chi connectivity index (χ0n) is 19.0. The van der Waals surface area contributed by atoms with Crippen molar-refractivity contribution in [1.82, 2.24) is 30.4 Å². The molecule has 0 fully saturated rings. The number of hydrogen-bond acceptors (Lipinski definition) is 9. The number of carbonyl (C=O) groups excluding carboxylic acids is 1. The fraction of sp³-hybridized carbons (Fsp3) is 0.391. The third-order valence-electron chi connectivity index (χ3n) is 6.13. The maximum atomic E-state index is 12.3. The quantitative estimate of drug-likeness (QED) is 0.493. The summed E-state index contributed by atoms with van der Waals surface area (Å²) in [6, 6.07) is 8.81. The molecule has 0 aliphatic carbocycles. The molecule has 11 nitrogen and oxygen atoms in total. The van der Waals surface area contributed by atoms with Crippen molar-refractivity contribution in [2.24, 2.45) is 0 Å². The number of methoxy groups -OCH3 is 1. The summed E-state index contributed by atoms with van der Waals surface area (Å²) < 4.78 is 18.8. The predicted octanol–water partition coefficient (Wildman–Crippen LogP) is 1.09. The highest BCUT2D eigenvalue weighted by Gasteiger charge is 2.37. The maximum absolute atomic E-state index is 12.3. The summed E-state index contributed by atoms with van der Waals surface area (Å²) in [5.74, 6) is 2.34. The number of tetrazole rings is 1. The van der Waals surface area contributed by atoms with Crippen LogP contribution in [-0.2, 0) is 6.42 Å². The molecular weight excluding hydrogens is 440 g/mol. The van der Waals surface area contributed by atoms with Crippen molar-refractivity contribution >= 4 is 5.91 Å². The summed E-state index contributed by atoms with van der Waals surface area (Å²) in [7, 11) is 3.65. The van der Waals surface area contributed by atoms with Crippen molar-refractivity contribution in [2.75, 3.05) is 40.6 Å². The minimum Gasteiger partial charge on any atom is -0.492 e. The second-order valence-corrected chi connectivity index (χ2v) is 8.18. The molecule has 178 valence electrons. The number of hydrogen-bond donors (Lipinski definition) is 2. The first-order chi connectivity index (χ1) is 16.6. The molecule has 0 radical (unpaired) electrons. The molecule has 0 bridgehead atoms. The number of amides is 1. The van der Waals surface area contributed by atoms with Crippen LogP contribution in [0.3, 0.4) is 0 Å². The molecule has 1 amide bonds. The summed E-state index contributed by atoms with van der Waals surface area (Å²) >= 11 is 0. The van der Waals surface area contributed by atoms with Gasteiger partial charge in [-0.25, -0.2) is 0 Å². The van der Waals surface area contributed by atoms with Crippen molar-refractivity contribution in [1.29, 1.82) is 0 Å². The van der Waals surface area contributed by atoms with Crippen LogP contribution >= 0.6 is 0 Å². The van der Waals surface area contributed by atoms with Crippen LogP contribution in [0.25, 0.3) is 5.69 Å². The minimum absolute atomic E-state index is 0.0345. The number of rotatable bonds is 7. The smallest absolute Gasteiger partial charge is 0.251 e. The second-order valence-electron chi connectivity index (χ2n) is 8.18. The highest BCUT2D eigenvalue weighted by Crippen LogP contribution is 2.50. The van der Waals surface area contributed by atoms with Crippen molar-refractivity contribution in [3.8, 4) is 22.9 Å². The van der Waals surface area contributed by atoms with Gasteiger partial charge in [0.25, 0.3) is 5.91 Å². The van der Waals surface area contributed by atoms with Crippen LogP contribution in [0.2, 0.25) is 0 Å². The Balaban J connectivity index is 1.50. The van der Waals surface area contributed by atoms with Crippen LogP contribution in [0.15, 0.2) is 30.3 Å². The van der Waals surface area contributed by atoms with Gasteiger partial charge in [-0.05, 0) is 66.2 Å². The summed E-state index contributed by atoms with van der Waals surface area (Å²) in [6.07, 6.45) is 1.34. The van der Waals surface area contributed by atoms with Gasteiger partial charge in [0.2, 0.25) is 12.5 Å². The van der Waals surface area contributed by atoms with Gasteiger partial charge in [-0.3, -0.25) is 9.69 Å². The molecule has 0 saturated heterocycles. The molecule has 2 aliphatic rings. The molecule has 2 aliphatic heterocycles. The average molecular weight is 466 g/mol. The Morgan fingerprint density at radius 2 is 2.12 bits per heavy atom.